The lowest BCUT2D eigenvalue weighted by atomic mass is 9.75. The molecular formula is C15H22O5. The van der Waals surface area contributed by atoms with Crippen LogP contribution in [0.3, 0.4) is 0 Å². The fourth-order valence-corrected chi connectivity index (χ4v) is 3.94. The molecular weight excluding hydrogens is 260 g/mol. The summed E-state index contributed by atoms with van der Waals surface area (Å²) in [6, 6.07) is 0. The molecule has 3 aliphatic heterocycles. The molecule has 0 amide bonds. The van der Waals surface area contributed by atoms with Crippen LogP contribution in [-0.4, -0.2) is 48.7 Å². The second-order valence-electron chi connectivity index (χ2n) is 6.14. The number of hydrogen-bond donors (Lipinski definition) is 1. The van der Waals surface area contributed by atoms with E-state index in [-0.39, 0.29) is 48.1 Å². The van der Waals surface area contributed by atoms with E-state index in [0.717, 1.165) is 0 Å². The normalized spacial score (nSPS) is 44.4. The molecule has 2 saturated heterocycles. The fraction of sp³-hybridized carbons (Fsp3) is 0.800. The SMILES string of the molecule is COC(=O)[C@H](C)[C@H]1O[C@@H](C[C@@H](C)O)[C@H]2[C@@H]1[C@@H]1C=C[C@H]2O1. The molecule has 0 aromatic carbocycles. The molecule has 0 aromatic heterocycles. The highest BCUT2D eigenvalue weighted by Crippen LogP contribution is 2.51. The number of ether oxygens (including phenoxy) is 3. The molecule has 3 heterocycles. The number of esters is 1. The van der Waals surface area contributed by atoms with Gasteiger partial charge in [-0.3, -0.25) is 4.79 Å². The number of rotatable bonds is 4. The molecule has 8 atom stereocenters. The highest BCUT2D eigenvalue weighted by Gasteiger charge is 2.59. The Hall–Kier alpha value is -0.910. The van der Waals surface area contributed by atoms with Gasteiger partial charge in [0.05, 0.1) is 43.5 Å². The first-order valence-electron chi connectivity index (χ1n) is 7.28. The van der Waals surface area contributed by atoms with E-state index in [9.17, 15) is 9.90 Å². The van der Waals surface area contributed by atoms with Crippen molar-refractivity contribution in [1.82, 2.24) is 0 Å². The third kappa shape index (κ3) is 2.08. The Kier molecular flexibility index (Phi) is 3.60. The average Bonchev–Trinajstić information content (AvgIpc) is 3.08. The maximum Gasteiger partial charge on any atom is 0.311 e. The van der Waals surface area contributed by atoms with Crippen LogP contribution in [0.2, 0.25) is 0 Å². The number of carbonyl (C=O) groups is 1. The Labute approximate surface area is 118 Å². The smallest absolute Gasteiger partial charge is 0.311 e. The molecule has 5 nitrogen and oxygen atoms in total. The first-order chi connectivity index (χ1) is 9.52. The highest BCUT2D eigenvalue weighted by molar-refractivity contribution is 5.72. The summed E-state index contributed by atoms with van der Waals surface area (Å²) in [5, 5.41) is 9.65. The van der Waals surface area contributed by atoms with Gasteiger partial charge in [-0.05, 0) is 20.3 Å². The van der Waals surface area contributed by atoms with Gasteiger partial charge in [0.15, 0.2) is 0 Å². The van der Waals surface area contributed by atoms with Gasteiger partial charge in [-0.2, -0.15) is 0 Å². The van der Waals surface area contributed by atoms with Crippen LogP contribution in [0.4, 0.5) is 0 Å². The van der Waals surface area contributed by atoms with Gasteiger partial charge in [0.1, 0.15) is 0 Å². The largest absolute Gasteiger partial charge is 0.469 e. The predicted molar refractivity (Wildman–Crippen MR) is 70.9 cm³/mol. The third-order valence-corrected chi connectivity index (χ3v) is 4.79. The lowest BCUT2D eigenvalue weighted by Gasteiger charge is -2.25. The van der Waals surface area contributed by atoms with E-state index in [1.54, 1.807) is 6.92 Å². The zero-order chi connectivity index (χ0) is 14.4. The molecule has 112 valence electrons. The average molecular weight is 282 g/mol. The van der Waals surface area contributed by atoms with Gasteiger partial charge in [-0.15, -0.1) is 0 Å². The molecule has 20 heavy (non-hydrogen) atoms. The second kappa shape index (κ2) is 5.13. The van der Waals surface area contributed by atoms with Crippen molar-refractivity contribution >= 4 is 5.97 Å². The maximum atomic E-state index is 11.8. The summed E-state index contributed by atoms with van der Waals surface area (Å²) in [7, 11) is 1.40. The summed E-state index contributed by atoms with van der Waals surface area (Å²) in [5.74, 6) is -0.152. The summed E-state index contributed by atoms with van der Waals surface area (Å²) >= 11 is 0. The minimum atomic E-state index is -0.420. The Morgan fingerprint density at radius 3 is 2.50 bits per heavy atom. The molecule has 0 aromatic rings. The van der Waals surface area contributed by atoms with E-state index in [4.69, 9.17) is 14.2 Å². The van der Waals surface area contributed by atoms with Crippen molar-refractivity contribution in [2.45, 2.75) is 50.8 Å². The Morgan fingerprint density at radius 2 is 1.90 bits per heavy atom. The van der Waals surface area contributed by atoms with Crippen LogP contribution in [0, 0.1) is 17.8 Å². The summed E-state index contributed by atoms with van der Waals surface area (Å²) in [4.78, 5) is 11.8. The zero-order valence-corrected chi connectivity index (χ0v) is 12.1. The third-order valence-electron chi connectivity index (χ3n) is 4.79. The van der Waals surface area contributed by atoms with Gasteiger partial charge in [0.2, 0.25) is 0 Å². The molecule has 3 rings (SSSR count). The number of hydrogen-bond acceptors (Lipinski definition) is 5. The van der Waals surface area contributed by atoms with Crippen LogP contribution in [0.15, 0.2) is 12.2 Å². The number of aliphatic hydroxyl groups excluding tert-OH is 1. The molecule has 2 fully saturated rings. The number of methoxy groups -OCH3 is 1. The van der Waals surface area contributed by atoms with Crippen LogP contribution in [-0.2, 0) is 19.0 Å². The summed E-state index contributed by atoms with van der Waals surface area (Å²) < 4.78 is 16.9. The number of carbonyl (C=O) groups excluding carboxylic acids is 1. The first kappa shape index (κ1) is 14.0. The standard InChI is InChI=1S/C15H22O5/c1-7(16)6-11-12-9-4-5-10(19-9)13(12)14(20-11)8(2)15(17)18-3/h4-5,7-14,16H,6H2,1-3H3/t7-,8-,9-,10+,11+,12+,13+,14-/m1/s1. The summed E-state index contributed by atoms with van der Waals surface area (Å²) in [6.07, 6.45) is 4.13. The molecule has 5 heteroatoms. The van der Waals surface area contributed by atoms with Crippen molar-refractivity contribution in [1.29, 1.82) is 0 Å². The van der Waals surface area contributed by atoms with Gasteiger partial charge >= 0.3 is 5.97 Å². The molecule has 1 N–H and O–H groups in total. The minimum Gasteiger partial charge on any atom is -0.469 e. The molecule has 0 spiro atoms. The van der Waals surface area contributed by atoms with Crippen molar-refractivity contribution in [2.24, 2.45) is 17.8 Å². The van der Waals surface area contributed by atoms with Crippen molar-refractivity contribution in [2.75, 3.05) is 7.11 Å². The van der Waals surface area contributed by atoms with E-state index >= 15 is 0 Å². The van der Waals surface area contributed by atoms with Crippen LogP contribution in [0.5, 0.6) is 0 Å². The van der Waals surface area contributed by atoms with Crippen molar-refractivity contribution in [3.05, 3.63) is 12.2 Å². The molecule has 0 aliphatic carbocycles. The van der Waals surface area contributed by atoms with Gasteiger partial charge < -0.3 is 19.3 Å². The monoisotopic (exact) mass is 282 g/mol. The minimum absolute atomic E-state index is 0.0288. The molecule has 0 saturated carbocycles. The Morgan fingerprint density at radius 1 is 1.25 bits per heavy atom. The van der Waals surface area contributed by atoms with Gasteiger partial charge in [0, 0.05) is 11.8 Å². The maximum absolute atomic E-state index is 11.8. The van der Waals surface area contributed by atoms with Crippen LogP contribution in [0.25, 0.3) is 0 Å². The summed E-state index contributed by atoms with van der Waals surface area (Å²) in [5.41, 5.74) is 0. The summed E-state index contributed by atoms with van der Waals surface area (Å²) in [6.45, 7) is 3.60. The van der Waals surface area contributed by atoms with Gasteiger partial charge in [-0.1, -0.05) is 12.2 Å². The quantitative estimate of drug-likeness (QED) is 0.613. The van der Waals surface area contributed by atoms with Crippen LogP contribution in [0.1, 0.15) is 20.3 Å². The van der Waals surface area contributed by atoms with Crippen molar-refractivity contribution in [3.63, 3.8) is 0 Å². The van der Waals surface area contributed by atoms with Crippen molar-refractivity contribution in [3.8, 4) is 0 Å². The molecule has 3 aliphatic rings. The second-order valence-corrected chi connectivity index (χ2v) is 6.14. The predicted octanol–water partition coefficient (Wildman–Crippen LogP) is 0.903. The zero-order valence-electron chi connectivity index (χ0n) is 12.1. The fourth-order valence-electron chi connectivity index (χ4n) is 3.94. The molecule has 0 radical (unpaired) electrons. The van der Waals surface area contributed by atoms with E-state index in [0.29, 0.717) is 6.42 Å². The lowest BCUT2D eigenvalue weighted by molar-refractivity contribution is -0.152. The van der Waals surface area contributed by atoms with E-state index in [1.165, 1.54) is 7.11 Å². The van der Waals surface area contributed by atoms with Crippen LogP contribution >= 0.6 is 0 Å². The Balaban J connectivity index is 1.82. The van der Waals surface area contributed by atoms with E-state index in [2.05, 4.69) is 12.2 Å². The molecule has 0 unspecified atom stereocenters. The van der Waals surface area contributed by atoms with Crippen molar-refractivity contribution < 1.29 is 24.1 Å². The van der Waals surface area contributed by atoms with E-state index < -0.39 is 6.10 Å². The molecule has 2 bridgehead atoms. The lowest BCUT2D eigenvalue weighted by Crippen LogP contribution is -2.36. The highest BCUT2D eigenvalue weighted by atomic mass is 16.6. The first-order valence-corrected chi connectivity index (χ1v) is 7.28. The van der Waals surface area contributed by atoms with E-state index in [1.807, 2.05) is 6.92 Å². The number of fused-ring (bicyclic) bond motifs is 5. The van der Waals surface area contributed by atoms with Crippen LogP contribution < -0.4 is 0 Å². The van der Waals surface area contributed by atoms with Gasteiger partial charge in [0.25, 0.3) is 0 Å². The Bertz CT molecular complexity index is 418. The number of aliphatic hydroxyl groups is 1. The van der Waals surface area contributed by atoms with Gasteiger partial charge in [-0.25, -0.2) is 0 Å². The topological polar surface area (TPSA) is 65.0 Å².